The number of aromatic hydroxyl groups is 1. The Bertz CT molecular complexity index is 926. The predicted octanol–water partition coefficient (Wildman–Crippen LogP) is 3.09. The molecule has 0 radical (unpaired) electrons. The van der Waals surface area contributed by atoms with Crippen LogP contribution in [0.1, 0.15) is 41.7 Å². The first-order valence-electron chi connectivity index (χ1n) is 9.71. The lowest BCUT2D eigenvalue weighted by Gasteiger charge is -2.38. The fraction of sp³-hybridized carbons (Fsp3) is 0.500. The van der Waals surface area contributed by atoms with Gasteiger partial charge in [0.25, 0.3) is 0 Å². The Morgan fingerprint density at radius 2 is 1.96 bits per heavy atom. The molecule has 1 fully saturated rings. The maximum atomic E-state index is 11.0. The first kappa shape index (κ1) is 18.4. The second kappa shape index (κ2) is 7.58. The van der Waals surface area contributed by atoms with Gasteiger partial charge in [0.2, 0.25) is 10.8 Å². The molecular weight excluding hydrogens is 358 g/mol. The third-order valence-electron chi connectivity index (χ3n) is 5.39. The Labute approximate surface area is 164 Å². The second-order valence-corrected chi connectivity index (χ2v) is 8.16. The molecule has 1 aromatic carbocycles. The van der Waals surface area contributed by atoms with Gasteiger partial charge in [0.15, 0.2) is 5.82 Å². The molecule has 3 heterocycles. The van der Waals surface area contributed by atoms with E-state index in [0.717, 1.165) is 54.8 Å². The van der Waals surface area contributed by atoms with Gasteiger partial charge in [-0.15, -0.1) is 5.10 Å². The highest BCUT2D eigenvalue weighted by Gasteiger charge is 2.31. The van der Waals surface area contributed by atoms with Crippen molar-refractivity contribution in [2.24, 2.45) is 0 Å². The summed E-state index contributed by atoms with van der Waals surface area (Å²) in [6.45, 7) is 11.5. The topological polar surface area (TPSA) is 56.9 Å². The number of thiazole rings is 1. The Hall–Kier alpha value is -1.96. The van der Waals surface area contributed by atoms with Crippen LogP contribution < -0.4 is 0 Å². The molecule has 1 aliphatic rings. The zero-order valence-corrected chi connectivity index (χ0v) is 17.0. The summed E-state index contributed by atoms with van der Waals surface area (Å²) in [6, 6.07) is 8.64. The summed E-state index contributed by atoms with van der Waals surface area (Å²) in [7, 11) is 0. The molecule has 0 amide bonds. The lowest BCUT2D eigenvalue weighted by molar-refractivity contribution is 0.113. The quantitative estimate of drug-likeness (QED) is 0.731. The van der Waals surface area contributed by atoms with Crippen LogP contribution in [-0.4, -0.2) is 62.2 Å². The van der Waals surface area contributed by atoms with E-state index in [0.29, 0.717) is 0 Å². The number of aromatic nitrogens is 3. The van der Waals surface area contributed by atoms with E-state index in [9.17, 15) is 5.11 Å². The van der Waals surface area contributed by atoms with Crippen LogP contribution in [0.25, 0.3) is 4.96 Å². The average Bonchev–Trinajstić information content (AvgIpc) is 3.22. The van der Waals surface area contributed by atoms with Crippen LogP contribution in [-0.2, 0) is 6.42 Å². The largest absolute Gasteiger partial charge is 0.492 e. The van der Waals surface area contributed by atoms with Gasteiger partial charge in [0.05, 0.1) is 10.9 Å². The molecule has 0 unspecified atom stereocenters. The molecule has 0 saturated carbocycles. The van der Waals surface area contributed by atoms with Crippen molar-refractivity contribution in [3.63, 3.8) is 0 Å². The summed E-state index contributed by atoms with van der Waals surface area (Å²) >= 11 is 1.55. The van der Waals surface area contributed by atoms with Gasteiger partial charge in [-0.25, -0.2) is 4.98 Å². The Morgan fingerprint density at radius 1 is 1.19 bits per heavy atom. The van der Waals surface area contributed by atoms with Gasteiger partial charge < -0.3 is 10.0 Å². The Balaban J connectivity index is 1.76. The lowest BCUT2D eigenvalue weighted by atomic mass is 10.0. The van der Waals surface area contributed by atoms with E-state index < -0.39 is 0 Å². The molecule has 1 atom stereocenters. The predicted molar refractivity (Wildman–Crippen MR) is 109 cm³/mol. The average molecular weight is 386 g/mol. The van der Waals surface area contributed by atoms with Gasteiger partial charge in [-0.05, 0) is 19.0 Å². The molecule has 1 saturated heterocycles. The highest BCUT2D eigenvalue weighted by atomic mass is 32.1. The highest BCUT2D eigenvalue weighted by Crippen LogP contribution is 2.40. The smallest absolute Gasteiger partial charge is 0.230 e. The summed E-state index contributed by atoms with van der Waals surface area (Å²) in [5, 5.41) is 15.4. The zero-order chi connectivity index (χ0) is 19.0. The van der Waals surface area contributed by atoms with Crippen molar-refractivity contribution in [2.75, 3.05) is 32.7 Å². The molecule has 6 nitrogen and oxygen atoms in total. The van der Waals surface area contributed by atoms with Gasteiger partial charge in [0, 0.05) is 32.6 Å². The van der Waals surface area contributed by atoms with E-state index in [1.54, 1.807) is 15.9 Å². The number of hydrogen-bond donors (Lipinski definition) is 1. The summed E-state index contributed by atoms with van der Waals surface area (Å²) in [5.41, 5.74) is 2.45. The second-order valence-electron chi connectivity index (χ2n) is 7.15. The molecule has 0 spiro atoms. The van der Waals surface area contributed by atoms with Crippen molar-refractivity contribution in [3.8, 4) is 5.88 Å². The zero-order valence-electron chi connectivity index (χ0n) is 16.2. The Kier molecular flexibility index (Phi) is 5.16. The van der Waals surface area contributed by atoms with Gasteiger partial charge in [-0.1, -0.05) is 55.0 Å². The molecular formula is C20H27N5OS. The first-order valence-corrected chi connectivity index (χ1v) is 10.5. The number of fused-ring (bicyclic) bond motifs is 1. The van der Waals surface area contributed by atoms with Crippen LogP contribution in [0.5, 0.6) is 5.88 Å². The van der Waals surface area contributed by atoms with Crippen LogP contribution in [0, 0.1) is 6.92 Å². The maximum Gasteiger partial charge on any atom is 0.230 e. The number of hydrogen-bond acceptors (Lipinski definition) is 6. The lowest BCUT2D eigenvalue weighted by Crippen LogP contribution is -2.47. The van der Waals surface area contributed by atoms with Crippen molar-refractivity contribution < 1.29 is 5.11 Å². The minimum absolute atomic E-state index is 0.0301. The molecule has 1 aliphatic heterocycles. The number of benzene rings is 1. The van der Waals surface area contributed by atoms with Gasteiger partial charge in [-0.3, -0.25) is 4.90 Å². The SMILES string of the molecule is CCc1nc2sc([C@@H](c3cccc(C)c3)N3CCN(CC)CC3)c(O)n2n1. The van der Waals surface area contributed by atoms with Gasteiger partial charge in [0.1, 0.15) is 0 Å². The molecule has 27 heavy (non-hydrogen) atoms. The molecule has 0 aliphatic carbocycles. The normalized spacial score (nSPS) is 17.6. The Morgan fingerprint density at radius 3 is 2.59 bits per heavy atom. The van der Waals surface area contributed by atoms with Crippen molar-refractivity contribution in [2.45, 2.75) is 33.2 Å². The third kappa shape index (κ3) is 3.47. The number of piperazine rings is 1. The number of aryl methyl sites for hydroxylation is 2. The first-order chi connectivity index (χ1) is 13.1. The minimum atomic E-state index is 0.0301. The van der Waals surface area contributed by atoms with Crippen LogP contribution in [0.2, 0.25) is 0 Å². The molecule has 0 bridgehead atoms. The molecule has 144 valence electrons. The highest BCUT2D eigenvalue weighted by molar-refractivity contribution is 7.17. The monoisotopic (exact) mass is 385 g/mol. The minimum Gasteiger partial charge on any atom is -0.492 e. The van der Waals surface area contributed by atoms with Crippen molar-refractivity contribution >= 4 is 16.3 Å². The fourth-order valence-corrected chi connectivity index (χ4v) is 4.96. The number of nitrogens with zero attached hydrogens (tertiary/aromatic N) is 5. The van der Waals surface area contributed by atoms with Crippen LogP contribution in [0.4, 0.5) is 0 Å². The molecule has 3 aromatic rings. The fourth-order valence-electron chi connectivity index (χ4n) is 3.82. The summed E-state index contributed by atoms with van der Waals surface area (Å²) < 4.78 is 1.60. The third-order valence-corrected chi connectivity index (χ3v) is 6.46. The number of likely N-dealkylation sites (N-methyl/N-ethyl adjacent to an activating group) is 1. The molecule has 7 heteroatoms. The molecule has 4 rings (SSSR count). The number of rotatable bonds is 5. The standard InChI is InChI=1S/C20H27N5OS/c1-4-16-21-20-25(22-16)19(26)18(27-20)17(15-8-6-7-14(3)13-15)24-11-9-23(5-2)10-12-24/h6-8,13,17,26H,4-5,9-12H2,1-3H3/t17-/m1/s1. The molecule has 2 aromatic heterocycles. The van der Waals surface area contributed by atoms with Crippen molar-refractivity contribution in [3.05, 3.63) is 46.1 Å². The summed E-state index contributed by atoms with van der Waals surface area (Å²) in [6.07, 6.45) is 0.767. The molecule has 1 N–H and O–H groups in total. The van der Waals surface area contributed by atoms with Crippen molar-refractivity contribution in [1.82, 2.24) is 24.4 Å². The van der Waals surface area contributed by atoms with E-state index in [-0.39, 0.29) is 11.9 Å². The van der Waals surface area contributed by atoms with E-state index in [1.165, 1.54) is 11.1 Å². The maximum absolute atomic E-state index is 11.0. The van der Waals surface area contributed by atoms with E-state index >= 15 is 0 Å². The van der Waals surface area contributed by atoms with E-state index in [2.05, 4.69) is 58.0 Å². The van der Waals surface area contributed by atoms with Crippen LogP contribution >= 0.6 is 11.3 Å². The van der Waals surface area contributed by atoms with E-state index in [4.69, 9.17) is 0 Å². The summed E-state index contributed by atoms with van der Waals surface area (Å²) in [5.74, 6) is 0.999. The van der Waals surface area contributed by atoms with Crippen LogP contribution in [0.15, 0.2) is 24.3 Å². The van der Waals surface area contributed by atoms with Gasteiger partial charge >= 0.3 is 0 Å². The van der Waals surface area contributed by atoms with Gasteiger partial charge in [-0.2, -0.15) is 4.52 Å². The van der Waals surface area contributed by atoms with Crippen molar-refractivity contribution in [1.29, 1.82) is 0 Å². The van der Waals surface area contributed by atoms with E-state index in [1.807, 2.05) is 6.92 Å². The van der Waals surface area contributed by atoms with Crippen LogP contribution in [0.3, 0.4) is 0 Å². The summed E-state index contributed by atoms with van der Waals surface area (Å²) in [4.78, 5) is 11.2.